The van der Waals surface area contributed by atoms with Crippen LogP contribution in [-0.4, -0.2) is 43.6 Å². The van der Waals surface area contributed by atoms with Gasteiger partial charge in [-0.3, -0.25) is 15.0 Å². The number of methoxy groups -OCH3 is 1. The normalized spacial score (nSPS) is 16.2. The van der Waals surface area contributed by atoms with Crippen LogP contribution in [0.15, 0.2) is 24.3 Å². The van der Waals surface area contributed by atoms with Crippen LogP contribution in [0.4, 0.5) is 4.79 Å². The molecule has 1 saturated heterocycles. The van der Waals surface area contributed by atoms with Crippen LogP contribution in [0.25, 0.3) is 0 Å². The molecular weight excluding hydrogens is 282 g/mol. The lowest BCUT2D eigenvalue weighted by atomic mass is 9.90. The van der Waals surface area contributed by atoms with Gasteiger partial charge in [-0.1, -0.05) is 12.1 Å². The molecule has 1 aromatic rings. The van der Waals surface area contributed by atoms with E-state index < -0.39 is 6.03 Å². The molecule has 3 amide bonds. The predicted molar refractivity (Wildman–Crippen MR) is 83.6 cm³/mol. The molecule has 0 atom stereocenters. The van der Waals surface area contributed by atoms with Crippen LogP contribution in [0, 0.1) is 5.92 Å². The SMILES string of the molecule is COc1ccc(CC2CCN(CC(=O)NC(N)=O)CC2)cc1. The fraction of sp³-hybridized carbons (Fsp3) is 0.500. The fourth-order valence-electron chi connectivity index (χ4n) is 2.82. The van der Waals surface area contributed by atoms with Crippen molar-refractivity contribution in [3.05, 3.63) is 29.8 Å². The lowest BCUT2D eigenvalue weighted by Gasteiger charge is -2.31. The highest BCUT2D eigenvalue weighted by molar-refractivity contribution is 5.94. The Labute approximate surface area is 130 Å². The number of ether oxygens (including phenoxy) is 1. The van der Waals surface area contributed by atoms with Crippen molar-refractivity contribution in [1.29, 1.82) is 0 Å². The Kier molecular flexibility index (Phi) is 5.77. The summed E-state index contributed by atoms with van der Waals surface area (Å²) in [4.78, 5) is 24.2. The van der Waals surface area contributed by atoms with Gasteiger partial charge in [0, 0.05) is 0 Å². The number of likely N-dealkylation sites (tertiary alicyclic amines) is 1. The average molecular weight is 305 g/mol. The van der Waals surface area contributed by atoms with Crippen LogP contribution in [0.3, 0.4) is 0 Å². The monoisotopic (exact) mass is 305 g/mol. The number of carbonyl (C=O) groups is 2. The number of hydrogen-bond donors (Lipinski definition) is 2. The van der Waals surface area contributed by atoms with Gasteiger partial charge in [-0.25, -0.2) is 4.79 Å². The molecule has 3 N–H and O–H groups in total. The number of piperidine rings is 1. The summed E-state index contributed by atoms with van der Waals surface area (Å²) in [7, 11) is 1.67. The number of amides is 3. The number of nitrogens with zero attached hydrogens (tertiary/aromatic N) is 1. The van der Waals surface area contributed by atoms with Crippen molar-refractivity contribution in [2.45, 2.75) is 19.3 Å². The highest BCUT2D eigenvalue weighted by atomic mass is 16.5. The molecule has 120 valence electrons. The van der Waals surface area contributed by atoms with Crippen molar-refractivity contribution in [2.75, 3.05) is 26.7 Å². The standard InChI is InChI=1S/C16H23N3O3/c1-22-14-4-2-12(3-5-14)10-13-6-8-19(9-7-13)11-15(20)18-16(17)21/h2-5,13H,6-11H2,1H3,(H3,17,18,20,21). The van der Waals surface area contributed by atoms with E-state index in [9.17, 15) is 9.59 Å². The molecule has 0 spiro atoms. The molecule has 22 heavy (non-hydrogen) atoms. The largest absolute Gasteiger partial charge is 0.497 e. The van der Waals surface area contributed by atoms with Gasteiger partial charge in [0.2, 0.25) is 5.91 Å². The minimum Gasteiger partial charge on any atom is -0.497 e. The van der Waals surface area contributed by atoms with E-state index in [4.69, 9.17) is 10.5 Å². The first kappa shape index (κ1) is 16.3. The quantitative estimate of drug-likeness (QED) is 0.854. The lowest BCUT2D eigenvalue weighted by molar-refractivity contribution is -0.121. The van der Waals surface area contributed by atoms with Crippen LogP contribution >= 0.6 is 0 Å². The molecule has 0 unspecified atom stereocenters. The molecule has 2 rings (SSSR count). The van der Waals surface area contributed by atoms with Crippen molar-refractivity contribution in [1.82, 2.24) is 10.2 Å². The summed E-state index contributed by atoms with van der Waals surface area (Å²) in [6, 6.07) is 7.38. The number of imide groups is 1. The fourth-order valence-corrected chi connectivity index (χ4v) is 2.82. The van der Waals surface area contributed by atoms with Crippen molar-refractivity contribution >= 4 is 11.9 Å². The summed E-state index contributed by atoms with van der Waals surface area (Å²) in [6.45, 7) is 1.97. The summed E-state index contributed by atoms with van der Waals surface area (Å²) in [5, 5.41) is 2.10. The number of carbonyl (C=O) groups excluding carboxylic acids is 2. The Morgan fingerprint density at radius 1 is 1.27 bits per heavy atom. The van der Waals surface area contributed by atoms with Crippen molar-refractivity contribution in [2.24, 2.45) is 11.7 Å². The van der Waals surface area contributed by atoms with Gasteiger partial charge in [0.15, 0.2) is 0 Å². The van der Waals surface area contributed by atoms with E-state index in [1.807, 2.05) is 12.1 Å². The van der Waals surface area contributed by atoms with Gasteiger partial charge in [-0.15, -0.1) is 0 Å². The molecule has 1 heterocycles. The van der Waals surface area contributed by atoms with Crippen molar-refractivity contribution < 1.29 is 14.3 Å². The minimum absolute atomic E-state index is 0.234. The second kappa shape index (κ2) is 7.79. The molecule has 0 bridgehead atoms. The molecule has 1 aromatic carbocycles. The average Bonchev–Trinajstić information content (AvgIpc) is 2.49. The molecule has 0 saturated carbocycles. The third-order valence-corrected chi connectivity index (χ3v) is 4.02. The van der Waals surface area contributed by atoms with Crippen LogP contribution in [0.2, 0.25) is 0 Å². The smallest absolute Gasteiger partial charge is 0.318 e. The Morgan fingerprint density at radius 3 is 2.45 bits per heavy atom. The van der Waals surface area contributed by atoms with Gasteiger partial charge in [-0.05, 0) is 56.0 Å². The van der Waals surface area contributed by atoms with Crippen molar-refractivity contribution in [3.8, 4) is 5.75 Å². The maximum Gasteiger partial charge on any atom is 0.318 e. The zero-order chi connectivity index (χ0) is 15.9. The molecule has 0 radical (unpaired) electrons. The predicted octanol–water partition coefficient (Wildman–Crippen LogP) is 1.14. The van der Waals surface area contributed by atoms with Crippen LogP contribution in [-0.2, 0) is 11.2 Å². The number of benzene rings is 1. The summed E-state index contributed by atoms with van der Waals surface area (Å²) in [6.07, 6.45) is 3.15. The molecule has 6 nitrogen and oxygen atoms in total. The first-order chi connectivity index (χ1) is 10.6. The zero-order valence-electron chi connectivity index (χ0n) is 12.9. The Morgan fingerprint density at radius 2 is 1.91 bits per heavy atom. The number of nitrogens with two attached hydrogens (primary N) is 1. The van der Waals surface area contributed by atoms with Crippen LogP contribution in [0.5, 0.6) is 5.75 Å². The van der Waals surface area contributed by atoms with E-state index in [1.165, 1.54) is 5.56 Å². The van der Waals surface area contributed by atoms with Crippen molar-refractivity contribution in [3.63, 3.8) is 0 Å². The van der Waals surface area contributed by atoms with E-state index in [2.05, 4.69) is 22.3 Å². The van der Waals surface area contributed by atoms with Crippen LogP contribution in [0.1, 0.15) is 18.4 Å². The van der Waals surface area contributed by atoms with E-state index in [0.717, 1.165) is 38.1 Å². The van der Waals surface area contributed by atoms with E-state index in [1.54, 1.807) is 7.11 Å². The van der Waals surface area contributed by atoms with Gasteiger partial charge < -0.3 is 10.5 Å². The highest BCUT2D eigenvalue weighted by Gasteiger charge is 2.21. The molecule has 1 fully saturated rings. The van der Waals surface area contributed by atoms with E-state index in [-0.39, 0.29) is 12.5 Å². The zero-order valence-corrected chi connectivity index (χ0v) is 12.9. The number of nitrogens with one attached hydrogen (secondary N) is 1. The lowest BCUT2D eigenvalue weighted by Crippen LogP contribution is -2.44. The molecular formula is C16H23N3O3. The highest BCUT2D eigenvalue weighted by Crippen LogP contribution is 2.22. The number of urea groups is 1. The number of rotatable bonds is 5. The third-order valence-electron chi connectivity index (χ3n) is 4.02. The molecule has 0 aromatic heterocycles. The Hall–Kier alpha value is -2.08. The van der Waals surface area contributed by atoms with Gasteiger partial charge in [0.25, 0.3) is 0 Å². The molecule has 1 aliphatic heterocycles. The first-order valence-electron chi connectivity index (χ1n) is 7.51. The Balaban J connectivity index is 1.74. The maximum atomic E-state index is 11.5. The molecule has 0 aliphatic carbocycles. The number of primary amides is 1. The topological polar surface area (TPSA) is 84.7 Å². The van der Waals surface area contributed by atoms with E-state index in [0.29, 0.717) is 5.92 Å². The van der Waals surface area contributed by atoms with Gasteiger partial charge in [-0.2, -0.15) is 0 Å². The van der Waals surface area contributed by atoms with Gasteiger partial charge in [0.1, 0.15) is 5.75 Å². The first-order valence-corrected chi connectivity index (χ1v) is 7.51. The van der Waals surface area contributed by atoms with E-state index >= 15 is 0 Å². The van der Waals surface area contributed by atoms with Gasteiger partial charge >= 0.3 is 6.03 Å². The third kappa shape index (κ3) is 5.04. The molecule has 1 aliphatic rings. The number of hydrogen-bond acceptors (Lipinski definition) is 4. The molecule has 6 heteroatoms. The van der Waals surface area contributed by atoms with Crippen LogP contribution < -0.4 is 15.8 Å². The summed E-state index contributed by atoms with van der Waals surface area (Å²) >= 11 is 0. The maximum absolute atomic E-state index is 11.5. The minimum atomic E-state index is -0.792. The summed E-state index contributed by atoms with van der Waals surface area (Å²) in [5.74, 6) is 1.17. The Bertz CT molecular complexity index is 508. The summed E-state index contributed by atoms with van der Waals surface area (Å²) < 4.78 is 5.16. The second-order valence-corrected chi connectivity index (χ2v) is 5.68. The van der Waals surface area contributed by atoms with Gasteiger partial charge in [0.05, 0.1) is 13.7 Å². The summed E-state index contributed by atoms with van der Waals surface area (Å²) in [5.41, 5.74) is 6.24. The second-order valence-electron chi connectivity index (χ2n) is 5.68.